The smallest absolute Gasteiger partial charge is 0.227 e. The molecule has 1 aromatic rings. The van der Waals surface area contributed by atoms with Crippen molar-refractivity contribution < 1.29 is 4.79 Å². The summed E-state index contributed by atoms with van der Waals surface area (Å²) in [6.45, 7) is 4.24. The van der Waals surface area contributed by atoms with E-state index in [2.05, 4.69) is 36.5 Å². The van der Waals surface area contributed by atoms with Gasteiger partial charge in [-0.25, -0.2) is 9.97 Å². The third kappa shape index (κ3) is 3.16. The quantitative estimate of drug-likeness (QED) is 0.879. The summed E-state index contributed by atoms with van der Waals surface area (Å²) in [5.41, 5.74) is -0.487. The minimum absolute atomic E-state index is 0.00909. The summed E-state index contributed by atoms with van der Waals surface area (Å²) < 4.78 is 0.780. The second-order valence-electron chi connectivity index (χ2n) is 4.04. The number of halogens is 1. The fourth-order valence-corrected chi connectivity index (χ4v) is 1.53. The van der Waals surface area contributed by atoms with Crippen LogP contribution in [0.15, 0.2) is 17.0 Å². The van der Waals surface area contributed by atoms with Crippen molar-refractivity contribution in [3.63, 3.8) is 0 Å². The highest BCUT2D eigenvalue weighted by Crippen LogP contribution is 2.20. The van der Waals surface area contributed by atoms with E-state index in [-0.39, 0.29) is 5.91 Å². The monoisotopic (exact) mass is 286 g/mol. The lowest BCUT2D eigenvalue weighted by Crippen LogP contribution is -2.39. The number of nitrogens with one attached hydrogen (secondary N) is 2. The average Bonchev–Trinajstić information content (AvgIpc) is 2.27. The van der Waals surface area contributed by atoms with Crippen molar-refractivity contribution in [2.45, 2.75) is 13.8 Å². The van der Waals surface area contributed by atoms with Crippen molar-refractivity contribution in [1.82, 2.24) is 15.3 Å². The molecule has 0 aliphatic rings. The second-order valence-corrected chi connectivity index (χ2v) is 4.89. The third-order valence-electron chi connectivity index (χ3n) is 2.21. The van der Waals surface area contributed by atoms with Crippen LogP contribution in [-0.4, -0.2) is 29.5 Å². The maximum absolute atomic E-state index is 11.5. The van der Waals surface area contributed by atoms with Gasteiger partial charge in [-0.1, -0.05) is 0 Å². The molecule has 1 amide bonds. The highest BCUT2D eigenvalue weighted by molar-refractivity contribution is 9.10. The van der Waals surface area contributed by atoms with Crippen LogP contribution in [0, 0.1) is 5.41 Å². The Morgan fingerprint density at radius 1 is 1.56 bits per heavy atom. The maximum Gasteiger partial charge on any atom is 0.227 e. The predicted octanol–water partition coefficient (Wildman–Crippen LogP) is 1.42. The van der Waals surface area contributed by atoms with E-state index < -0.39 is 5.41 Å². The van der Waals surface area contributed by atoms with E-state index in [1.54, 1.807) is 13.2 Å². The van der Waals surface area contributed by atoms with Crippen molar-refractivity contribution in [2.75, 3.05) is 18.9 Å². The Bertz CT molecular complexity index is 381. The zero-order valence-electron chi connectivity index (χ0n) is 9.54. The van der Waals surface area contributed by atoms with Gasteiger partial charge in [0.1, 0.15) is 12.1 Å². The van der Waals surface area contributed by atoms with Crippen molar-refractivity contribution in [3.05, 3.63) is 17.0 Å². The van der Waals surface area contributed by atoms with E-state index in [1.807, 2.05) is 13.8 Å². The second kappa shape index (κ2) is 5.25. The SMILES string of the molecule is CNC(=O)C(C)(C)CNc1ncncc1Br. The van der Waals surface area contributed by atoms with Gasteiger partial charge in [0.05, 0.1) is 9.89 Å². The van der Waals surface area contributed by atoms with Gasteiger partial charge in [0.25, 0.3) is 0 Å². The molecule has 0 fully saturated rings. The molecule has 0 aliphatic carbocycles. The minimum Gasteiger partial charge on any atom is -0.368 e. The van der Waals surface area contributed by atoms with Gasteiger partial charge in [-0.05, 0) is 29.8 Å². The number of carbonyl (C=O) groups is 1. The Hall–Kier alpha value is -1.17. The van der Waals surface area contributed by atoms with Crippen LogP contribution in [0.5, 0.6) is 0 Å². The van der Waals surface area contributed by atoms with Gasteiger partial charge < -0.3 is 10.6 Å². The number of rotatable bonds is 4. The molecule has 88 valence electrons. The summed E-state index contributed by atoms with van der Waals surface area (Å²) in [7, 11) is 1.63. The molecule has 5 nitrogen and oxygen atoms in total. The van der Waals surface area contributed by atoms with E-state index in [4.69, 9.17) is 0 Å². The van der Waals surface area contributed by atoms with Gasteiger partial charge in [0.2, 0.25) is 5.91 Å². The van der Waals surface area contributed by atoms with E-state index >= 15 is 0 Å². The van der Waals surface area contributed by atoms with Crippen molar-refractivity contribution in [2.24, 2.45) is 5.41 Å². The fourth-order valence-electron chi connectivity index (χ4n) is 1.17. The molecule has 0 saturated carbocycles. The van der Waals surface area contributed by atoms with Crippen LogP contribution in [0.1, 0.15) is 13.8 Å². The van der Waals surface area contributed by atoms with Gasteiger partial charge in [-0.2, -0.15) is 0 Å². The Morgan fingerprint density at radius 2 is 2.25 bits per heavy atom. The summed E-state index contributed by atoms with van der Waals surface area (Å²) in [6.07, 6.45) is 3.11. The molecule has 0 bridgehead atoms. The first-order valence-corrected chi connectivity index (χ1v) is 5.68. The molecule has 1 heterocycles. The molecule has 0 saturated heterocycles. The molecule has 16 heavy (non-hydrogen) atoms. The number of nitrogens with zero attached hydrogens (tertiary/aromatic N) is 2. The lowest BCUT2D eigenvalue weighted by molar-refractivity contribution is -0.128. The number of hydrogen-bond acceptors (Lipinski definition) is 4. The van der Waals surface area contributed by atoms with Gasteiger partial charge in [-0.15, -0.1) is 0 Å². The molecule has 0 radical (unpaired) electrons. The normalized spacial score (nSPS) is 11.0. The van der Waals surface area contributed by atoms with Crippen LogP contribution in [0.25, 0.3) is 0 Å². The van der Waals surface area contributed by atoms with Crippen molar-refractivity contribution in [3.8, 4) is 0 Å². The average molecular weight is 287 g/mol. The number of carbonyl (C=O) groups excluding carboxylic acids is 1. The molecule has 0 aromatic carbocycles. The molecule has 1 rings (SSSR count). The molecule has 1 aromatic heterocycles. The van der Waals surface area contributed by atoms with E-state index in [9.17, 15) is 4.79 Å². The molecule has 2 N–H and O–H groups in total. The first-order chi connectivity index (χ1) is 7.47. The summed E-state index contributed by atoms with van der Waals surface area (Å²) >= 11 is 3.33. The topological polar surface area (TPSA) is 66.9 Å². The number of anilines is 1. The zero-order valence-corrected chi connectivity index (χ0v) is 11.1. The van der Waals surface area contributed by atoms with Crippen LogP contribution in [0.4, 0.5) is 5.82 Å². The first-order valence-electron chi connectivity index (χ1n) is 4.89. The van der Waals surface area contributed by atoms with Crippen LogP contribution < -0.4 is 10.6 Å². The molecule has 0 aliphatic heterocycles. The van der Waals surface area contributed by atoms with Crippen LogP contribution >= 0.6 is 15.9 Å². The minimum atomic E-state index is -0.487. The summed E-state index contributed by atoms with van der Waals surface area (Å²) in [5.74, 6) is 0.678. The number of aromatic nitrogens is 2. The van der Waals surface area contributed by atoms with Crippen LogP contribution in [-0.2, 0) is 4.79 Å². The maximum atomic E-state index is 11.5. The Kier molecular flexibility index (Phi) is 4.23. The van der Waals surface area contributed by atoms with Gasteiger partial charge in [0.15, 0.2) is 0 Å². The van der Waals surface area contributed by atoms with Gasteiger partial charge in [-0.3, -0.25) is 4.79 Å². The summed E-state index contributed by atoms with van der Waals surface area (Å²) in [6, 6.07) is 0. The summed E-state index contributed by atoms with van der Waals surface area (Å²) in [5, 5.41) is 5.74. The Balaban J connectivity index is 2.65. The molecule has 0 unspecified atom stereocenters. The lowest BCUT2D eigenvalue weighted by atomic mass is 9.92. The standard InChI is InChI=1S/C10H15BrN4O/c1-10(2,9(16)12-3)5-14-8-7(11)4-13-6-15-8/h4,6H,5H2,1-3H3,(H,12,16)(H,13,14,15). The number of hydrogen-bond donors (Lipinski definition) is 2. The Labute approximate surface area is 103 Å². The zero-order chi connectivity index (χ0) is 12.2. The van der Waals surface area contributed by atoms with E-state index in [0.29, 0.717) is 12.4 Å². The lowest BCUT2D eigenvalue weighted by Gasteiger charge is -2.23. The molecule has 0 atom stereocenters. The fraction of sp³-hybridized carbons (Fsp3) is 0.500. The third-order valence-corrected chi connectivity index (χ3v) is 2.79. The van der Waals surface area contributed by atoms with Crippen molar-refractivity contribution in [1.29, 1.82) is 0 Å². The van der Waals surface area contributed by atoms with E-state index in [1.165, 1.54) is 6.33 Å². The van der Waals surface area contributed by atoms with Gasteiger partial charge in [0, 0.05) is 19.8 Å². The molecule has 0 spiro atoms. The van der Waals surface area contributed by atoms with Crippen LogP contribution in [0.2, 0.25) is 0 Å². The molecular formula is C10H15BrN4O. The Morgan fingerprint density at radius 3 is 2.81 bits per heavy atom. The largest absolute Gasteiger partial charge is 0.368 e. The predicted molar refractivity (Wildman–Crippen MR) is 66.1 cm³/mol. The molecular weight excluding hydrogens is 272 g/mol. The highest BCUT2D eigenvalue weighted by atomic mass is 79.9. The number of amides is 1. The molecule has 6 heteroatoms. The highest BCUT2D eigenvalue weighted by Gasteiger charge is 2.26. The first kappa shape index (κ1) is 12.9. The van der Waals surface area contributed by atoms with Crippen molar-refractivity contribution >= 4 is 27.7 Å². The summed E-state index contributed by atoms with van der Waals surface area (Å²) in [4.78, 5) is 19.5. The van der Waals surface area contributed by atoms with Gasteiger partial charge >= 0.3 is 0 Å². The van der Waals surface area contributed by atoms with E-state index in [0.717, 1.165) is 4.47 Å². The van der Waals surface area contributed by atoms with Crippen LogP contribution in [0.3, 0.4) is 0 Å².